The van der Waals surface area contributed by atoms with E-state index in [0.29, 0.717) is 13.2 Å². The van der Waals surface area contributed by atoms with Crippen molar-refractivity contribution >= 4 is 0 Å². The number of ether oxygens (including phenoxy) is 1. The van der Waals surface area contributed by atoms with E-state index in [1.807, 2.05) is 41.9 Å². The fraction of sp³-hybridized carbons (Fsp3) is 0.500. The number of aryl methyl sites for hydroxylation is 1. The first-order valence-electron chi connectivity index (χ1n) is 7.68. The number of hydrogen-bond acceptors (Lipinski definition) is 5. The predicted octanol–water partition coefficient (Wildman–Crippen LogP) is 1.39. The molecule has 1 fully saturated rings. The van der Waals surface area contributed by atoms with Crippen LogP contribution in [0.3, 0.4) is 0 Å². The highest BCUT2D eigenvalue weighted by atomic mass is 16.5. The Morgan fingerprint density at radius 3 is 2.91 bits per heavy atom. The highest BCUT2D eigenvalue weighted by Gasteiger charge is 2.30. The van der Waals surface area contributed by atoms with Crippen LogP contribution in [0.15, 0.2) is 36.7 Å². The minimum absolute atomic E-state index is 0.235. The largest absolute Gasteiger partial charge is 0.491 e. The van der Waals surface area contributed by atoms with Crippen LogP contribution >= 0.6 is 0 Å². The Hall–Kier alpha value is -1.92. The molecule has 3 rings (SSSR count). The van der Waals surface area contributed by atoms with Crippen molar-refractivity contribution in [2.45, 2.75) is 25.0 Å². The maximum Gasteiger partial charge on any atom is 0.149 e. The van der Waals surface area contributed by atoms with E-state index in [1.165, 1.54) is 0 Å². The number of rotatable bonds is 6. The molecule has 0 spiro atoms. The van der Waals surface area contributed by atoms with Gasteiger partial charge in [0.25, 0.3) is 0 Å². The monoisotopic (exact) mass is 302 g/mol. The van der Waals surface area contributed by atoms with Crippen LogP contribution in [0.2, 0.25) is 0 Å². The fourth-order valence-electron chi connectivity index (χ4n) is 2.96. The number of hydrogen-bond donors (Lipinski definition) is 1. The topological polar surface area (TPSA) is 63.4 Å². The average Bonchev–Trinajstić information content (AvgIpc) is 3.15. The van der Waals surface area contributed by atoms with E-state index < -0.39 is 6.10 Å². The second-order valence-electron chi connectivity index (χ2n) is 5.73. The van der Waals surface area contributed by atoms with Crippen molar-refractivity contribution in [2.75, 3.05) is 19.7 Å². The van der Waals surface area contributed by atoms with Gasteiger partial charge >= 0.3 is 0 Å². The first-order valence-corrected chi connectivity index (χ1v) is 7.68. The average molecular weight is 302 g/mol. The van der Waals surface area contributed by atoms with Crippen LogP contribution in [0.25, 0.3) is 0 Å². The summed E-state index contributed by atoms with van der Waals surface area (Å²) in [4.78, 5) is 2.27. The van der Waals surface area contributed by atoms with Gasteiger partial charge in [-0.05, 0) is 31.5 Å². The van der Waals surface area contributed by atoms with Gasteiger partial charge in [-0.15, -0.1) is 10.2 Å². The summed E-state index contributed by atoms with van der Waals surface area (Å²) in [7, 11) is 1.96. The van der Waals surface area contributed by atoms with Crippen molar-refractivity contribution in [3.8, 4) is 5.75 Å². The zero-order chi connectivity index (χ0) is 15.4. The van der Waals surface area contributed by atoms with Crippen LogP contribution in [-0.2, 0) is 7.05 Å². The molecule has 2 unspecified atom stereocenters. The normalized spacial score (nSPS) is 20.2. The number of para-hydroxylation sites is 1. The molecule has 22 heavy (non-hydrogen) atoms. The molecule has 1 saturated heterocycles. The van der Waals surface area contributed by atoms with Gasteiger partial charge in [-0.1, -0.05) is 18.2 Å². The molecule has 118 valence electrons. The Bertz CT molecular complexity index is 587. The summed E-state index contributed by atoms with van der Waals surface area (Å²) in [5.41, 5.74) is 0. The fourth-order valence-corrected chi connectivity index (χ4v) is 2.96. The van der Waals surface area contributed by atoms with Gasteiger partial charge < -0.3 is 14.4 Å². The lowest BCUT2D eigenvalue weighted by atomic mass is 10.2. The van der Waals surface area contributed by atoms with Crippen LogP contribution in [0, 0.1) is 0 Å². The predicted molar refractivity (Wildman–Crippen MR) is 82.5 cm³/mol. The lowest BCUT2D eigenvalue weighted by Gasteiger charge is -2.26. The molecule has 2 heterocycles. The van der Waals surface area contributed by atoms with E-state index in [0.717, 1.165) is 31.0 Å². The van der Waals surface area contributed by atoms with Crippen LogP contribution in [0.1, 0.15) is 24.7 Å². The van der Waals surface area contributed by atoms with Crippen molar-refractivity contribution in [3.05, 3.63) is 42.5 Å². The summed E-state index contributed by atoms with van der Waals surface area (Å²) in [6.45, 7) is 1.86. The minimum atomic E-state index is -0.519. The number of nitrogens with zero attached hydrogens (tertiary/aromatic N) is 4. The third-order valence-corrected chi connectivity index (χ3v) is 4.04. The van der Waals surface area contributed by atoms with E-state index >= 15 is 0 Å². The third-order valence-electron chi connectivity index (χ3n) is 4.04. The van der Waals surface area contributed by atoms with Gasteiger partial charge in [0.15, 0.2) is 0 Å². The Labute approximate surface area is 130 Å². The molecule has 0 amide bonds. The first-order chi connectivity index (χ1) is 10.7. The number of aromatic nitrogens is 3. The zero-order valence-electron chi connectivity index (χ0n) is 12.8. The van der Waals surface area contributed by atoms with Gasteiger partial charge in [0.2, 0.25) is 0 Å². The van der Waals surface area contributed by atoms with Crippen molar-refractivity contribution in [3.63, 3.8) is 0 Å². The minimum Gasteiger partial charge on any atom is -0.491 e. The molecule has 6 heteroatoms. The van der Waals surface area contributed by atoms with Gasteiger partial charge in [-0.3, -0.25) is 4.90 Å². The maximum absolute atomic E-state index is 10.2. The molecule has 1 aromatic carbocycles. The van der Waals surface area contributed by atoms with Gasteiger partial charge in [0.05, 0.1) is 6.04 Å². The third kappa shape index (κ3) is 3.45. The molecule has 0 radical (unpaired) electrons. The van der Waals surface area contributed by atoms with Gasteiger partial charge in [0.1, 0.15) is 30.6 Å². The van der Waals surface area contributed by atoms with E-state index in [4.69, 9.17) is 4.74 Å². The molecule has 2 atom stereocenters. The zero-order valence-corrected chi connectivity index (χ0v) is 12.8. The number of likely N-dealkylation sites (tertiary alicyclic amines) is 1. The lowest BCUT2D eigenvalue weighted by Crippen LogP contribution is -2.36. The smallest absolute Gasteiger partial charge is 0.149 e. The van der Waals surface area contributed by atoms with Crippen molar-refractivity contribution in [1.82, 2.24) is 19.7 Å². The highest BCUT2D eigenvalue weighted by Crippen LogP contribution is 2.30. The number of aliphatic hydroxyl groups is 1. The first kappa shape index (κ1) is 15.0. The lowest BCUT2D eigenvalue weighted by molar-refractivity contribution is 0.0623. The van der Waals surface area contributed by atoms with Crippen LogP contribution < -0.4 is 4.74 Å². The molecule has 1 aliphatic rings. The van der Waals surface area contributed by atoms with Gasteiger partial charge in [0, 0.05) is 13.6 Å². The Morgan fingerprint density at radius 2 is 2.18 bits per heavy atom. The SMILES string of the molecule is Cn1cnnc1C1CCCN1CC(O)COc1ccccc1. The molecule has 0 bridgehead atoms. The summed E-state index contributed by atoms with van der Waals surface area (Å²) in [5, 5.41) is 18.4. The van der Waals surface area contributed by atoms with E-state index in [1.54, 1.807) is 6.33 Å². The molecule has 0 aliphatic carbocycles. The van der Waals surface area contributed by atoms with Crippen molar-refractivity contribution < 1.29 is 9.84 Å². The van der Waals surface area contributed by atoms with E-state index in [9.17, 15) is 5.11 Å². The number of benzene rings is 1. The number of β-amino-alcohol motifs (C(OH)–C–C–N with tert-alkyl or cyclic N) is 1. The maximum atomic E-state index is 10.2. The van der Waals surface area contributed by atoms with Gasteiger partial charge in [-0.25, -0.2) is 0 Å². The molecule has 1 aliphatic heterocycles. The molecule has 1 N–H and O–H groups in total. The highest BCUT2D eigenvalue weighted by molar-refractivity contribution is 5.20. The summed E-state index contributed by atoms with van der Waals surface area (Å²) in [6, 6.07) is 9.81. The summed E-state index contributed by atoms with van der Waals surface area (Å²) < 4.78 is 7.57. The molecule has 0 saturated carbocycles. The molecule has 6 nitrogen and oxygen atoms in total. The Kier molecular flexibility index (Phi) is 4.70. The van der Waals surface area contributed by atoms with Crippen LogP contribution in [0.4, 0.5) is 0 Å². The van der Waals surface area contributed by atoms with Gasteiger partial charge in [-0.2, -0.15) is 0 Å². The summed E-state index contributed by atoms with van der Waals surface area (Å²) >= 11 is 0. The summed E-state index contributed by atoms with van der Waals surface area (Å²) in [6.07, 6.45) is 3.37. The number of aliphatic hydroxyl groups excluding tert-OH is 1. The molecular formula is C16H22N4O2. The molecule has 1 aromatic heterocycles. The van der Waals surface area contributed by atoms with Crippen LogP contribution in [-0.4, -0.2) is 50.6 Å². The van der Waals surface area contributed by atoms with E-state index in [-0.39, 0.29) is 6.04 Å². The van der Waals surface area contributed by atoms with Crippen LogP contribution in [0.5, 0.6) is 5.75 Å². The Morgan fingerprint density at radius 1 is 1.36 bits per heavy atom. The second-order valence-corrected chi connectivity index (χ2v) is 5.73. The quantitative estimate of drug-likeness (QED) is 0.873. The van der Waals surface area contributed by atoms with Crippen molar-refractivity contribution in [1.29, 1.82) is 0 Å². The second kappa shape index (κ2) is 6.89. The van der Waals surface area contributed by atoms with E-state index in [2.05, 4.69) is 15.1 Å². The summed E-state index contributed by atoms with van der Waals surface area (Å²) in [5.74, 6) is 1.75. The molecular weight excluding hydrogens is 280 g/mol. The molecule has 2 aromatic rings. The standard InChI is InChI=1S/C16H22N4O2/c1-19-12-17-18-16(19)15-8-5-9-20(15)10-13(21)11-22-14-6-3-2-4-7-14/h2-4,6-7,12-13,15,21H,5,8-11H2,1H3. The van der Waals surface area contributed by atoms with Crippen molar-refractivity contribution in [2.24, 2.45) is 7.05 Å². The Balaban J connectivity index is 1.54.